The van der Waals surface area contributed by atoms with Gasteiger partial charge in [0.15, 0.2) is 0 Å². The minimum atomic E-state index is -0.625. The molecule has 3 fully saturated rings. The van der Waals surface area contributed by atoms with Crippen molar-refractivity contribution in [1.29, 1.82) is 0 Å². The van der Waals surface area contributed by atoms with Gasteiger partial charge in [-0.05, 0) is 95.4 Å². The molecule has 0 saturated carbocycles. The van der Waals surface area contributed by atoms with Crippen LogP contribution in [0.25, 0.3) is 0 Å². The zero-order valence-electron chi connectivity index (χ0n) is 28.6. The first-order valence-electron chi connectivity index (χ1n) is 17.3. The highest BCUT2D eigenvalue weighted by Gasteiger charge is 2.39. The van der Waals surface area contributed by atoms with E-state index in [1.54, 1.807) is 18.1 Å². The van der Waals surface area contributed by atoms with Gasteiger partial charge in [0.25, 0.3) is 17.4 Å². The Hall–Kier alpha value is -4.36. The summed E-state index contributed by atoms with van der Waals surface area (Å²) >= 11 is 3.48. The molecule has 4 aliphatic rings. The van der Waals surface area contributed by atoms with E-state index in [1.807, 2.05) is 36.2 Å². The maximum Gasteiger partial charge on any atom is 0.282 e. The van der Waals surface area contributed by atoms with Crippen molar-refractivity contribution in [3.8, 4) is 0 Å². The predicted octanol–water partition coefficient (Wildman–Crippen LogP) is 3.25. The number of aromatic nitrogens is 2. The average Bonchev–Trinajstić information content (AvgIpc) is 3.44. The van der Waals surface area contributed by atoms with Crippen LogP contribution in [0.15, 0.2) is 57.9 Å². The second-order valence-corrected chi connectivity index (χ2v) is 15.0. The van der Waals surface area contributed by atoms with Gasteiger partial charge in [0, 0.05) is 70.4 Å². The lowest BCUT2D eigenvalue weighted by atomic mass is 9.86. The Balaban J connectivity index is 0.956. The minimum absolute atomic E-state index is 0.0378. The second kappa shape index (κ2) is 13.7. The molecule has 0 spiro atoms. The van der Waals surface area contributed by atoms with Gasteiger partial charge < -0.3 is 19.6 Å². The second-order valence-electron chi connectivity index (χ2n) is 14.2. The molecule has 5 heterocycles. The Bertz CT molecular complexity index is 1900. The van der Waals surface area contributed by atoms with Gasteiger partial charge in [0.05, 0.1) is 11.9 Å². The number of carbonyl (C=O) groups excluding carboxylic acids is 4. The predicted molar refractivity (Wildman–Crippen MR) is 191 cm³/mol. The van der Waals surface area contributed by atoms with Crippen molar-refractivity contribution in [2.75, 3.05) is 45.2 Å². The van der Waals surface area contributed by atoms with Crippen molar-refractivity contribution in [2.45, 2.75) is 62.6 Å². The van der Waals surface area contributed by atoms with Crippen LogP contribution < -0.4 is 15.8 Å². The van der Waals surface area contributed by atoms with Crippen LogP contribution in [-0.4, -0.2) is 100 Å². The van der Waals surface area contributed by atoms with Crippen molar-refractivity contribution in [3.05, 3.63) is 91.3 Å². The topological polar surface area (TPSA) is 128 Å². The van der Waals surface area contributed by atoms with Crippen LogP contribution in [0.1, 0.15) is 81.3 Å². The lowest BCUT2D eigenvalue weighted by molar-refractivity contribution is -0.136. The van der Waals surface area contributed by atoms with Crippen LogP contribution in [0.4, 0.5) is 5.69 Å². The molecule has 2 aromatic carbocycles. The normalized spacial score (nSPS) is 23.2. The van der Waals surface area contributed by atoms with Crippen molar-refractivity contribution in [2.24, 2.45) is 7.05 Å². The van der Waals surface area contributed by atoms with E-state index < -0.39 is 11.9 Å². The van der Waals surface area contributed by atoms with Crippen molar-refractivity contribution >= 4 is 45.2 Å². The summed E-state index contributed by atoms with van der Waals surface area (Å²) in [5.41, 5.74) is 5.17. The van der Waals surface area contributed by atoms with E-state index in [9.17, 15) is 24.0 Å². The van der Waals surface area contributed by atoms with Gasteiger partial charge in [-0.2, -0.15) is 5.10 Å². The number of imide groups is 1. The van der Waals surface area contributed by atoms with Crippen LogP contribution in [0.2, 0.25) is 0 Å². The number of likely N-dealkylation sites (N-methyl/N-ethyl adjacent to an activating group) is 2. The highest BCUT2D eigenvalue weighted by atomic mass is 79.9. The van der Waals surface area contributed by atoms with Gasteiger partial charge in [0.1, 0.15) is 10.5 Å². The van der Waals surface area contributed by atoms with E-state index in [0.29, 0.717) is 41.7 Å². The van der Waals surface area contributed by atoms with Crippen LogP contribution in [0.3, 0.4) is 0 Å². The molecule has 4 aliphatic heterocycles. The number of fused-ring (bicyclic) bond motifs is 1. The third-order valence-corrected chi connectivity index (χ3v) is 11.8. The smallest absolute Gasteiger partial charge is 0.282 e. The standard InChI is InChI=1S/C37H42BrN7O5/c1-41-19-26(17-28(21-41)42(2)31-18-39-43(3)37(50)33(31)38)22-4-6-24(7-5-22)35(48)44-14-12-23(13-15-44)25-8-9-29-27(16-25)20-45(36(29)49)30-10-11-32(46)40-34(30)47/h4-9,16,18,23,26,28,30H,10-15,17,19-21H2,1-3H3,(H,40,46,47)/t26-,28+,30?/m1/s1. The molecule has 0 radical (unpaired) electrons. The summed E-state index contributed by atoms with van der Waals surface area (Å²) in [7, 11) is 5.76. The fourth-order valence-corrected chi connectivity index (χ4v) is 8.74. The molecular weight excluding hydrogens is 702 g/mol. The number of amides is 4. The lowest BCUT2D eigenvalue weighted by Crippen LogP contribution is -2.52. The fourth-order valence-electron chi connectivity index (χ4n) is 8.10. The van der Waals surface area contributed by atoms with Crippen molar-refractivity contribution in [3.63, 3.8) is 0 Å². The quantitative estimate of drug-likeness (QED) is 0.382. The number of nitrogens with one attached hydrogen (secondary N) is 1. The largest absolute Gasteiger partial charge is 0.368 e. The average molecular weight is 745 g/mol. The van der Waals surface area contributed by atoms with Crippen molar-refractivity contribution < 1.29 is 19.2 Å². The van der Waals surface area contributed by atoms with Crippen LogP contribution >= 0.6 is 15.9 Å². The summed E-state index contributed by atoms with van der Waals surface area (Å²) in [5.74, 6) is -0.277. The van der Waals surface area contributed by atoms with Crippen LogP contribution in [0.5, 0.6) is 0 Å². The molecule has 7 rings (SSSR count). The highest BCUT2D eigenvalue weighted by molar-refractivity contribution is 9.10. The van der Waals surface area contributed by atoms with E-state index in [0.717, 1.165) is 49.2 Å². The number of aryl methyl sites for hydroxylation is 1. The number of carbonyl (C=O) groups is 4. The molecule has 3 saturated heterocycles. The molecule has 12 nitrogen and oxygen atoms in total. The van der Waals surface area contributed by atoms with E-state index >= 15 is 0 Å². The summed E-state index contributed by atoms with van der Waals surface area (Å²) in [6.07, 6.45) is 4.88. The number of likely N-dealkylation sites (tertiary alicyclic amines) is 2. The Kier molecular flexibility index (Phi) is 9.38. The van der Waals surface area contributed by atoms with E-state index in [1.165, 1.54) is 10.2 Å². The molecular formula is C37H42BrN7O5. The van der Waals surface area contributed by atoms with E-state index in [4.69, 9.17) is 0 Å². The highest BCUT2D eigenvalue weighted by Crippen LogP contribution is 2.35. The molecule has 50 heavy (non-hydrogen) atoms. The van der Waals surface area contributed by atoms with Crippen LogP contribution in [-0.2, 0) is 23.2 Å². The summed E-state index contributed by atoms with van der Waals surface area (Å²) in [4.78, 5) is 71.2. The first kappa shape index (κ1) is 34.1. The third-order valence-electron chi connectivity index (χ3n) is 11.0. The Morgan fingerprint density at radius 2 is 1.66 bits per heavy atom. The summed E-state index contributed by atoms with van der Waals surface area (Å²) in [6.45, 7) is 3.44. The molecule has 1 unspecified atom stereocenters. The summed E-state index contributed by atoms with van der Waals surface area (Å²) < 4.78 is 1.83. The first-order valence-corrected chi connectivity index (χ1v) is 18.1. The van der Waals surface area contributed by atoms with Gasteiger partial charge in [0.2, 0.25) is 11.8 Å². The summed E-state index contributed by atoms with van der Waals surface area (Å²) in [5, 5.41) is 6.58. The number of hydrogen-bond donors (Lipinski definition) is 1. The van der Waals surface area contributed by atoms with Gasteiger partial charge in [-0.25, -0.2) is 4.68 Å². The third kappa shape index (κ3) is 6.48. The molecule has 262 valence electrons. The number of piperidine rings is 3. The van der Waals surface area contributed by atoms with Gasteiger partial charge in [-0.1, -0.05) is 24.3 Å². The van der Waals surface area contributed by atoms with Crippen LogP contribution in [0, 0.1) is 0 Å². The number of rotatable bonds is 6. The maximum absolute atomic E-state index is 13.6. The van der Waals surface area contributed by atoms with Crippen molar-refractivity contribution in [1.82, 2.24) is 29.8 Å². The SMILES string of the molecule is CN1C[C@H](c2ccc(C(=O)N3CCC(c4ccc5c(c4)CN(C4CCC(=O)NC4=O)C5=O)CC3)cc2)C[C@H](N(C)c2cnn(C)c(=O)c2Br)C1. The van der Waals surface area contributed by atoms with E-state index in [-0.39, 0.29) is 47.6 Å². The Morgan fingerprint density at radius 3 is 2.38 bits per heavy atom. The zero-order chi connectivity index (χ0) is 35.3. The molecule has 13 heteroatoms. The number of nitrogens with zero attached hydrogens (tertiary/aromatic N) is 6. The van der Waals surface area contributed by atoms with Gasteiger partial charge >= 0.3 is 0 Å². The zero-order valence-corrected chi connectivity index (χ0v) is 30.2. The number of benzene rings is 2. The Labute approximate surface area is 299 Å². The van der Waals surface area contributed by atoms with Gasteiger partial charge in [-0.15, -0.1) is 0 Å². The van der Waals surface area contributed by atoms with E-state index in [2.05, 4.69) is 61.4 Å². The monoisotopic (exact) mass is 743 g/mol. The Morgan fingerprint density at radius 1 is 0.940 bits per heavy atom. The first-order chi connectivity index (χ1) is 24.0. The molecule has 3 aromatic rings. The number of halogens is 1. The maximum atomic E-state index is 13.6. The van der Waals surface area contributed by atoms with Gasteiger partial charge in [-0.3, -0.25) is 29.3 Å². The molecule has 3 atom stereocenters. The molecule has 1 N–H and O–H groups in total. The molecule has 1 aromatic heterocycles. The lowest BCUT2D eigenvalue weighted by Gasteiger charge is -2.41. The number of anilines is 1. The minimum Gasteiger partial charge on any atom is -0.368 e. The molecule has 0 aliphatic carbocycles. The molecule has 4 amide bonds. The fraction of sp³-hybridized carbons (Fsp3) is 0.459. The summed E-state index contributed by atoms with van der Waals surface area (Å²) in [6, 6.07) is 13.6. The molecule has 0 bridgehead atoms. The number of hydrogen-bond acceptors (Lipinski definition) is 8.